The number of nitrogens with zero attached hydrogens (tertiary/aromatic N) is 1. The zero-order chi connectivity index (χ0) is 15.6. The summed E-state index contributed by atoms with van der Waals surface area (Å²) in [6.45, 7) is 5.88. The van der Waals surface area contributed by atoms with Gasteiger partial charge < -0.3 is 15.0 Å². The number of hydrogen-bond donors (Lipinski definition) is 1. The third-order valence-electron chi connectivity index (χ3n) is 3.77. The lowest BCUT2D eigenvalue weighted by Gasteiger charge is -2.32. The van der Waals surface area contributed by atoms with E-state index >= 15 is 0 Å². The zero-order valence-corrected chi connectivity index (χ0v) is 13.0. The van der Waals surface area contributed by atoms with Crippen LogP contribution >= 0.6 is 0 Å². The number of ether oxygens (including phenoxy) is 1. The maximum absolute atomic E-state index is 12.6. The van der Waals surface area contributed by atoms with Crippen LogP contribution in [-0.4, -0.2) is 35.4 Å². The van der Waals surface area contributed by atoms with E-state index in [0.29, 0.717) is 13.0 Å². The fourth-order valence-electron chi connectivity index (χ4n) is 2.55. The highest BCUT2D eigenvalue weighted by Gasteiger charge is 2.39. The molecule has 2 amide bonds. The molecule has 0 spiro atoms. The van der Waals surface area contributed by atoms with Crippen molar-refractivity contribution < 1.29 is 14.3 Å². The molecule has 0 saturated carbocycles. The Labute approximate surface area is 125 Å². The van der Waals surface area contributed by atoms with Crippen molar-refractivity contribution in [2.45, 2.75) is 45.3 Å². The number of carbonyl (C=O) groups is 2. The van der Waals surface area contributed by atoms with Crippen molar-refractivity contribution in [3.05, 3.63) is 29.8 Å². The molecule has 21 heavy (non-hydrogen) atoms. The molecular weight excluding hydrogens is 268 g/mol. The summed E-state index contributed by atoms with van der Waals surface area (Å²) < 4.78 is 5.13. The molecular formula is C16H22N2O3. The monoisotopic (exact) mass is 290 g/mol. The molecule has 0 aromatic heterocycles. The van der Waals surface area contributed by atoms with Gasteiger partial charge in [-0.15, -0.1) is 0 Å². The van der Waals surface area contributed by atoms with Crippen molar-refractivity contribution in [3.8, 4) is 5.75 Å². The second kappa shape index (κ2) is 5.76. The first kappa shape index (κ1) is 15.4. The summed E-state index contributed by atoms with van der Waals surface area (Å²) in [5.74, 6) is 0.640. The first-order valence-electron chi connectivity index (χ1n) is 7.08. The highest BCUT2D eigenvalue weighted by Crippen LogP contribution is 2.21. The molecule has 1 saturated heterocycles. The Morgan fingerprint density at radius 3 is 2.48 bits per heavy atom. The predicted octanol–water partition coefficient (Wildman–Crippen LogP) is 1.71. The Bertz CT molecular complexity index is 537. The molecule has 1 aromatic carbocycles. The fourth-order valence-corrected chi connectivity index (χ4v) is 2.55. The van der Waals surface area contributed by atoms with Gasteiger partial charge in [0.25, 0.3) is 0 Å². The van der Waals surface area contributed by atoms with Crippen molar-refractivity contribution in [3.63, 3.8) is 0 Å². The Kier molecular flexibility index (Phi) is 4.21. The topological polar surface area (TPSA) is 58.6 Å². The molecule has 114 valence electrons. The number of benzene rings is 1. The Hall–Kier alpha value is -2.04. The molecule has 1 N–H and O–H groups in total. The molecule has 1 aliphatic heterocycles. The van der Waals surface area contributed by atoms with Gasteiger partial charge in [0.15, 0.2) is 0 Å². The van der Waals surface area contributed by atoms with Gasteiger partial charge in [-0.3, -0.25) is 9.59 Å². The molecule has 5 heteroatoms. The van der Waals surface area contributed by atoms with E-state index in [9.17, 15) is 9.59 Å². The molecule has 5 nitrogen and oxygen atoms in total. The third-order valence-corrected chi connectivity index (χ3v) is 3.77. The zero-order valence-electron chi connectivity index (χ0n) is 13.0. The van der Waals surface area contributed by atoms with Gasteiger partial charge in [-0.2, -0.15) is 0 Å². The van der Waals surface area contributed by atoms with Crippen molar-refractivity contribution in [1.82, 2.24) is 10.2 Å². The van der Waals surface area contributed by atoms with Crippen molar-refractivity contribution in [2.24, 2.45) is 0 Å². The molecule has 0 radical (unpaired) electrons. The lowest BCUT2D eigenvalue weighted by Crippen LogP contribution is -2.53. The third kappa shape index (κ3) is 3.35. The Morgan fingerprint density at radius 1 is 1.29 bits per heavy atom. The normalized spacial score (nSPS) is 21.7. The predicted molar refractivity (Wildman–Crippen MR) is 79.8 cm³/mol. The molecule has 1 atom stereocenters. The molecule has 0 bridgehead atoms. The van der Waals surface area contributed by atoms with Gasteiger partial charge in [0.1, 0.15) is 11.3 Å². The van der Waals surface area contributed by atoms with E-state index < -0.39 is 5.54 Å². The van der Waals surface area contributed by atoms with Gasteiger partial charge in [0.2, 0.25) is 11.8 Å². The van der Waals surface area contributed by atoms with Crippen LogP contribution < -0.4 is 10.1 Å². The standard InChI is InChI=1S/C16H22N2O3/c1-11-9-14(19)17-16(2,3)15(20)18(11)10-12-5-7-13(21-4)8-6-12/h5-8,11H,9-10H2,1-4H3,(H,17,19). The van der Waals surface area contributed by atoms with Crippen LogP contribution in [0.15, 0.2) is 24.3 Å². The summed E-state index contributed by atoms with van der Waals surface area (Å²) in [4.78, 5) is 26.2. The van der Waals surface area contributed by atoms with Crippen LogP contribution in [0.5, 0.6) is 5.75 Å². The van der Waals surface area contributed by atoms with Crippen molar-refractivity contribution in [1.29, 1.82) is 0 Å². The number of hydrogen-bond acceptors (Lipinski definition) is 3. The van der Waals surface area contributed by atoms with E-state index in [2.05, 4.69) is 5.32 Å². The summed E-state index contributed by atoms with van der Waals surface area (Å²) >= 11 is 0. The average Bonchev–Trinajstić information content (AvgIpc) is 2.49. The largest absolute Gasteiger partial charge is 0.497 e. The average molecular weight is 290 g/mol. The molecule has 1 heterocycles. The maximum Gasteiger partial charge on any atom is 0.248 e. The number of nitrogens with one attached hydrogen (secondary N) is 1. The Balaban J connectivity index is 2.22. The number of amides is 2. The molecule has 1 aromatic rings. The lowest BCUT2D eigenvalue weighted by atomic mass is 10.0. The minimum Gasteiger partial charge on any atom is -0.497 e. The minimum absolute atomic E-state index is 0.0586. The van der Waals surface area contributed by atoms with Crippen LogP contribution in [0.3, 0.4) is 0 Å². The van der Waals surface area contributed by atoms with Gasteiger partial charge in [-0.05, 0) is 38.5 Å². The van der Waals surface area contributed by atoms with Crippen LogP contribution in [0.4, 0.5) is 0 Å². The molecule has 2 rings (SSSR count). The van der Waals surface area contributed by atoms with Crippen LogP contribution in [0.1, 0.15) is 32.8 Å². The van der Waals surface area contributed by atoms with Gasteiger partial charge in [-0.1, -0.05) is 12.1 Å². The summed E-state index contributed by atoms with van der Waals surface area (Å²) in [6.07, 6.45) is 0.325. The van der Waals surface area contributed by atoms with Gasteiger partial charge in [0, 0.05) is 19.0 Å². The van der Waals surface area contributed by atoms with E-state index in [1.54, 1.807) is 25.9 Å². The first-order chi connectivity index (χ1) is 9.83. The van der Waals surface area contributed by atoms with E-state index in [-0.39, 0.29) is 17.9 Å². The fraction of sp³-hybridized carbons (Fsp3) is 0.500. The Morgan fingerprint density at radius 2 is 1.90 bits per heavy atom. The maximum atomic E-state index is 12.6. The lowest BCUT2D eigenvalue weighted by molar-refractivity contribution is -0.139. The summed E-state index contributed by atoms with van der Waals surface area (Å²) in [7, 11) is 1.62. The summed E-state index contributed by atoms with van der Waals surface area (Å²) in [6, 6.07) is 7.49. The number of rotatable bonds is 3. The van der Waals surface area contributed by atoms with E-state index in [4.69, 9.17) is 4.74 Å². The first-order valence-corrected chi connectivity index (χ1v) is 7.08. The SMILES string of the molecule is COc1ccc(CN2C(=O)C(C)(C)NC(=O)CC2C)cc1. The van der Waals surface area contributed by atoms with Gasteiger partial charge in [0.05, 0.1) is 7.11 Å². The van der Waals surface area contributed by atoms with Crippen LogP contribution in [-0.2, 0) is 16.1 Å². The number of methoxy groups -OCH3 is 1. The smallest absolute Gasteiger partial charge is 0.248 e. The molecule has 1 fully saturated rings. The summed E-state index contributed by atoms with van der Waals surface area (Å²) in [5.41, 5.74) is 0.148. The van der Waals surface area contributed by atoms with E-state index in [1.165, 1.54) is 0 Å². The van der Waals surface area contributed by atoms with Crippen LogP contribution in [0, 0.1) is 0 Å². The summed E-state index contributed by atoms with van der Waals surface area (Å²) in [5, 5.41) is 2.78. The second-order valence-electron chi connectivity index (χ2n) is 6.01. The van der Waals surface area contributed by atoms with Gasteiger partial charge >= 0.3 is 0 Å². The number of carbonyl (C=O) groups excluding carboxylic acids is 2. The second-order valence-corrected chi connectivity index (χ2v) is 6.01. The molecule has 1 unspecified atom stereocenters. The van der Waals surface area contributed by atoms with Crippen molar-refractivity contribution >= 4 is 11.8 Å². The van der Waals surface area contributed by atoms with E-state index in [1.807, 2.05) is 31.2 Å². The molecule has 1 aliphatic rings. The van der Waals surface area contributed by atoms with Crippen LogP contribution in [0.25, 0.3) is 0 Å². The minimum atomic E-state index is -0.867. The quantitative estimate of drug-likeness (QED) is 0.922. The highest BCUT2D eigenvalue weighted by molar-refractivity contribution is 5.93. The van der Waals surface area contributed by atoms with Gasteiger partial charge in [-0.25, -0.2) is 0 Å². The van der Waals surface area contributed by atoms with Crippen molar-refractivity contribution in [2.75, 3.05) is 7.11 Å². The highest BCUT2D eigenvalue weighted by atomic mass is 16.5. The van der Waals surface area contributed by atoms with Crippen LogP contribution in [0.2, 0.25) is 0 Å². The van der Waals surface area contributed by atoms with E-state index in [0.717, 1.165) is 11.3 Å². The molecule has 0 aliphatic carbocycles.